The van der Waals surface area contributed by atoms with E-state index in [0.29, 0.717) is 22.8 Å². The average molecular weight is 342 g/mol. The molecule has 136 valence electrons. The number of hydrogen-bond donors (Lipinski definition) is 1. The molecule has 0 aliphatic heterocycles. The molecule has 4 rings (SSSR count). The second-order valence-corrected chi connectivity index (χ2v) is 9.06. The summed E-state index contributed by atoms with van der Waals surface area (Å²) in [6.07, 6.45) is 7.82. The van der Waals surface area contributed by atoms with Crippen molar-refractivity contribution >= 4 is 5.52 Å². The number of fused-ring (bicyclic) bond motifs is 1. The molecule has 0 radical (unpaired) electrons. The second-order valence-electron chi connectivity index (χ2n) is 9.06. The maximum absolute atomic E-state index is 12.6. The van der Waals surface area contributed by atoms with E-state index in [1.54, 1.807) is 0 Å². The van der Waals surface area contributed by atoms with Crippen LogP contribution < -0.4 is 5.56 Å². The van der Waals surface area contributed by atoms with E-state index in [4.69, 9.17) is 10.1 Å². The largest absolute Gasteiger partial charge is 0.307 e. The zero-order valence-corrected chi connectivity index (χ0v) is 15.9. The Balaban J connectivity index is 1.71. The van der Waals surface area contributed by atoms with Gasteiger partial charge in [-0.25, -0.2) is 9.50 Å². The first-order chi connectivity index (χ1) is 11.9. The molecule has 2 saturated carbocycles. The molecule has 5 heteroatoms. The summed E-state index contributed by atoms with van der Waals surface area (Å²) < 4.78 is 1.90. The molecule has 2 aliphatic carbocycles. The van der Waals surface area contributed by atoms with Crippen LogP contribution in [0.4, 0.5) is 0 Å². The molecule has 0 bridgehead atoms. The van der Waals surface area contributed by atoms with Crippen molar-refractivity contribution < 1.29 is 0 Å². The van der Waals surface area contributed by atoms with Crippen molar-refractivity contribution in [3.05, 3.63) is 27.7 Å². The lowest BCUT2D eigenvalue weighted by atomic mass is 9.70. The topological polar surface area (TPSA) is 63.1 Å². The molecular weight excluding hydrogens is 312 g/mol. The zero-order chi connectivity index (χ0) is 17.8. The van der Waals surface area contributed by atoms with Crippen LogP contribution in [-0.4, -0.2) is 19.6 Å². The van der Waals surface area contributed by atoms with Gasteiger partial charge in [-0.1, -0.05) is 27.7 Å². The lowest BCUT2D eigenvalue weighted by molar-refractivity contribution is 0.166. The molecule has 2 heterocycles. The second kappa shape index (κ2) is 5.96. The molecule has 2 aliphatic rings. The molecule has 0 saturated heterocycles. The van der Waals surface area contributed by atoms with Gasteiger partial charge in [0.1, 0.15) is 11.6 Å². The van der Waals surface area contributed by atoms with Crippen molar-refractivity contribution in [2.75, 3.05) is 0 Å². The van der Waals surface area contributed by atoms with Crippen LogP contribution in [-0.2, 0) is 6.42 Å². The van der Waals surface area contributed by atoms with Crippen molar-refractivity contribution in [2.45, 2.75) is 84.5 Å². The number of aromatic amines is 1. The summed E-state index contributed by atoms with van der Waals surface area (Å²) in [5.41, 5.74) is 1.92. The van der Waals surface area contributed by atoms with E-state index in [0.717, 1.165) is 55.4 Å². The van der Waals surface area contributed by atoms with Gasteiger partial charge in [0.2, 0.25) is 0 Å². The predicted octanol–water partition coefficient (Wildman–Crippen LogP) is 4.18. The molecule has 0 aromatic carbocycles. The predicted molar refractivity (Wildman–Crippen MR) is 99.1 cm³/mol. The molecule has 0 unspecified atom stereocenters. The molecule has 1 N–H and O–H groups in total. The highest BCUT2D eigenvalue weighted by molar-refractivity contribution is 5.51. The van der Waals surface area contributed by atoms with Crippen LogP contribution in [0.25, 0.3) is 5.52 Å². The fourth-order valence-electron chi connectivity index (χ4n) is 4.38. The average Bonchev–Trinajstić information content (AvgIpc) is 3.35. The van der Waals surface area contributed by atoms with E-state index < -0.39 is 0 Å². The van der Waals surface area contributed by atoms with E-state index in [9.17, 15) is 4.79 Å². The summed E-state index contributed by atoms with van der Waals surface area (Å²) in [7, 11) is 0. The van der Waals surface area contributed by atoms with E-state index in [1.165, 1.54) is 12.8 Å². The van der Waals surface area contributed by atoms with Crippen molar-refractivity contribution in [1.82, 2.24) is 19.6 Å². The number of H-pyrrole nitrogens is 1. The van der Waals surface area contributed by atoms with Gasteiger partial charge in [0, 0.05) is 11.8 Å². The first-order valence-electron chi connectivity index (χ1n) is 9.90. The molecule has 25 heavy (non-hydrogen) atoms. The normalized spacial score (nSPS) is 24.8. The third-order valence-corrected chi connectivity index (χ3v) is 6.23. The quantitative estimate of drug-likeness (QED) is 0.910. The van der Waals surface area contributed by atoms with E-state index >= 15 is 0 Å². The van der Waals surface area contributed by atoms with Crippen molar-refractivity contribution in [2.24, 2.45) is 11.3 Å². The minimum atomic E-state index is -0.0177. The van der Waals surface area contributed by atoms with Crippen LogP contribution in [0.15, 0.2) is 4.79 Å². The highest BCUT2D eigenvalue weighted by Gasteiger charge is 2.33. The number of aryl methyl sites for hydroxylation is 1. The molecule has 2 aromatic rings. The van der Waals surface area contributed by atoms with Gasteiger partial charge in [-0.3, -0.25) is 4.79 Å². The molecule has 2 fully saturated rings. The summed E-state index contributed by atoms with van der Waals surface area (Å²) in [4.78, 5) is 20.5. The highest BCUT2D eigenvalue weighted by atomic mass is 16.1. The maximum atomic E-state index is 12.6. The van der Waals surface area contributed by atoms with Crippen LogP contribution in [0.1, 0.15) is 95.4 Å². The number of nitrogens with zero attached hydrogens (tertiary/aromatic N) is 3. The molecular formula is C20H30N4O. The van der Waals surface area contributed by atoms with Crippen LogP contribution in [0, 0.1) is 11.3 Å². The van der Waals surface area contributed by atoms with Crippen LogP contribution in [0.5, 0.6) is 0 Å². The van der Waals surface area contributed by atoms with E-state index in [2.05, 4.69) is 32.7 Å². The Morgan fingerprint density at radius 2 is 1.72 bits per heavy atom. The Labute approximate surface area is 149 Å². The molecule has 0 atom stereocenters. The van der Waals surface area contributed by atoms with Gasteiger partial charge in [0.05, 0.1) is 5.69 Å². The van der Waals surface area contributed by atoms with Crippen molar-refractivity contribution in [1.29, 1.82) is 0 Å². The number of imidazole rings is 1. The Bertz CT molecular complexity index is 830. The van der Waals surface area contributed by atoms with Gasteiger partial charge in [-0.2, -0.15) is 5.10 Å². The van der Waals surface area contributed by atoms with Gasteiger partial charge in [-0.15, -0.1) is 0 Å². The minimum absolute atomic E-state index is 0.0177. The van der Waals surface area contributed by atoms with Crippen LogP contribution in [0.2, 0.25) is 0 Å². The van der Waals surface area contributed by atoms with Crippen LogP contribution >= 0.6 is 0 Å². The Kier molecular flexibility index (Phi) is 4.00. The molecule has 5 nitrogen and oxygen atoms in total. The summed E-state index contributed by atoms with van der Waals surface area (Å²) >= 11 is 0. The lowest BCUT2D eigenvalue weighted by Crippen LogP contribution is -2.26. The fourth-order valence-corrected chi connectivity index (χ4v) is 4.38. The maximum Gasteiger partial charge on any atom is 0.277 e. The smallest absolute Gasteiger partial charge is 0.277 e. The summed E-state index contributed by atoms with van der Waals surface area (Å²) in [5, 5.41) is 4.81. The molecule has 2 aromatic heterocycles. The lowest BCUT2D eigenvalue weighted by Gasteiger charge is -2.36. The van der Waals surface area contributed by atoms with Crippen LogP contribution in [0.3, 0.4) is 0 Å². The SMILES string of the molecule is CCc1nc(C2CCC(C(C)(C)C)CC2)n2nc(C3CC3)[nH]c(=O)c12. The first kappa shape index (κ1) is 16.8. The highest BCUT2D eigenvalue weighted by Crippen LogP contribution is 2.43. The van der Waals surface area contributed by atoms with Gasteiger partial charge in [0.15, 0.2) is 5.52 Å². The standard InChI is InChI=1S/C20H30N4O/c1-5-15-16-19(25)22-17(12-6-7-12)23-24(16)18(21-15)13-8-10-14(11-9-13)20(2,3)4/h12-14H,5-11H2,1-4H3,(H,22,23,25). The fraction of sp³-hybridized carbons (Fsp3) is 0.750. The first-order valence-corrected chi connectivity index (χ1v) is 9.90. The Morgan fingerprint density at radius 3 is 2.28 bits per heavy atom. The van der Waals surface area contributed by atoms with Crippen molar-refractivity contribution in [3.8, 4) is 0 Å². The number of aromatic nitrogens is 4. The summed E-state index contributed by atoms with van der Waals surface area (Å²) in [6, 6.07) is 0. The molecule has 0 spiro atoms. The van der Waals surface area contributed by atoms with E-state index in [1.807, 2.05) is 4.52 Å². The van der Waals surface area contributed by atoms with Gasteiger partial charge < -0.3 is 4.98 Å². The monoisotopic (exact) mass is 342 g/mol. The summed E-state index contributed by atoms with van der Waals surface area (Å²) in [6.45, 7) is 9.11. The number of rotatable bonds is 3. The molecule has 0 amide bonds. The van der Waals surface area contributed by atoms with E-state index in [-0.39, 0.29) is 5.56 Å². The zero-order valence-electron chi connectivity index (χ0n) is 15.9. The third-order valence-electron chi connectivity index (χ3n) is 6.23. The van der Waals surface area contributed by atoms with Crippen molar-refractivity contribution in [3.63, 3.8) is 0 Å². The number of hydrogen-bond acceptors (Lipinski definition) is 3. The Morgan fingerprint density at radius 1 is 1.08 bits per heavy atom. The number of nitrogens with one attached hydrogen (secondary N) is 1. The van der Waals surface area contributed by atoms with Gasteiger partial charge in [-0.05, 0) is 56.3 Å². The minimum Gasteiger partial charge on any atom is -0.307 e. The van der Waals surface area contributed by atoms with Gasteiger partial charge in [0.25, 0.3) is 5.56 Å². The third kappa shape index (κ3) is 3.02. The Hall–Kier alpha value is -1.65. The van der Waals surface area contributed by atoms with Gasteiger partial charge >= 0.3 is 0 Å². The summed E-state index contributed by atoms with van der Waals surface area (Å²) in [5.74, 6) is 3.51.